The lowest BCUT2D eigenvalue weighted by molar-refractivity contribution is 0.473. The van der Waals surface area contributed by atoms with E-state index in [-0.39, 0.29) is 10.8 Å². The van der Waals surface area contributed by atoms with Gasteiger partial charge in [-0.1, -0.05) is 41.6 Å². The molecule has 0 saturated carbocycles. The number of thioether (sulfide) groups is 1. The summed E-state index contributed by atoms with van der Waals surface area (Å²) in [7, 11) is 0. The number of benzene rings is 2. The summed E-state index contributed by atoms with van der Waals surface area (Å²) in [6.07, 6.45) is 0. The first kappa shape index (κ1) is 18.0. The summed E-state index contributed by atoms with van der Waals surface area (Å²) >= 11 is 7.52. The predicted molar refractivity (Wildman–Crippen MR) is 114 cm³/mol. The molecule has 5 aromatic rings. The van der Waals surface area contributed by atoms with Gasteiger partial charge in [-0.25, -0.2) is 4.79 Å². The van der Waals surface area contributed by atoms with Crippen molar-refractivity contribution < 1.29 is 9.52 Å². The fourth-order valence-electron chi connectivity index (χ4n) is 3.47. The first-order valence-electron chi connectivity index (χ1n) is 8.83. The number of fused-ring (bicyclic) bond motifs is 4. The predicted octanol–water partition coefficient (Wildman–Crippen LogP) is 4.95. The SMILES string of the molecule is Cc1cc2nnc(SCc3cc(=O)oc4cc(O)c(Cl)cc34)n2c2ccccc12. The van der Waals surface area contributed by atoms with Crippen molar-refractivity contribution in [2.24, 2.45) is 0 Å². The molecule has 0 bridgehead atoms. The molecule has 0 aliphatic carbocycles. The van der Waals surface area contributed by atoms with Crippen molar-refractivity contribution in [1.82, 2.24) is 14.6 Å². The van der Waals surface area contributed by atoms with E-state index in [1.54, 1.807) is 6.07 Å². The van der Waals surface area contributed by atoms with Crippen LogP contribution in [0.3, 0.4) is 0 Å². The smallest absolute Gasteiger partial charge is 0.336 e. The average Bonchev–Trinajstić information content (AvgIpc) is 3.10. The molecule has 0 aliphatic rings. The number of para-hydroxylation sites is 1. The van der Waals surface area contributed by atoms with E-state index in [0.717, 1.165) is 32.8 Å². The molecule has 3 aromatic heterocycles. The van der Waals surface area contributed by atoms with Gasteiger partial charge in [0.2, 0.25) is 0 Å². The highest BCUT2D eigenvalue weighted by molar-refractivity contribution is 7.98. The monoisotopic (exact) mass is 423 g/mol. The van der Waals surface area contributed by atoms with Crippen LogP contribution in [-0.2, 0) is 5.75 Å². The molecule has 8 heteroatoms. The van der Waals surface area contributed by atoms with Gasteiger partial charge in [0.05, 0.1) is 10.5 Å². The van der Waals surface area contributed by atoms with Crippen molar-refractivity contribution in [2.45, 2.75) is 17.8 Å². The van der Waals surface area contributed by atoms with Gasteiger partial charge in [0.15, 0.2) is 10.8 Å². The van der Waals surface area contributed by atoms with Crippen LogP contribution in [0.5, 0.6) is 5.75 Å². The standard InChI is InChI=1S/C21H14ClN3O3S/c1-11-6-19-23-24-21(25(19)16-5-3-2-4-13(11)16)29-10-12-7-20(27)28-18-9-17(26)15(22)8-14(12)18/h2-9,26H,10H2,1H3. The Morgan fingerprint density at radius 2 is 1.97 bits per heavy atom. The zero-order valence-electron chi connectivity index (χ0n) is 15.2. The summed E-state index contributed by atoms with van der Waals surface area (Å²) in [6, 6.07) is 14.5. The van der Waals surface area contributed by atoms with E-state index in [0.29, 0.717) is 16.7 Å². The van der Waals surface area contributed by atoms with Crippen LogP contribution in [0.25, 0.3) is 27.5 Å². The molecule has 0 radical (unpaired) electrons. The number of pyridine rings is 1. The van der Waals surface area contributed by atoms with Crippen molar-refractivity contribution in [3.8, 4) is 5.75 Å². The molecule has 6 nitrogen and oxygen atoms in total. The molecule has 0 aliphatic heterocycles. The molecule has 1 N–H and O–H groups in total. The van der Waals surface area contributed by atoms with E-state index in [4.69, 9.17) is 16.0 Å². The number of halogens is 1. The number of phenolic OH excluding ortho intramolecular Hbond substituents is 1. The molecule has 0 unspecified atom stereocenters. The van der Waals surface area contributed by atoms with Gasteiger partial charge in [0.1, 0.15) is 11.3 Å². The number of hydrogen-bond donors (Lipinski definition) is 1. The zero-order chi connectivity index (χ0) is 20.1. The van der Waals surface area contributed by atoms with Crippen LogP contribution in [0.15, 0.2) is 62.9 Å². The molecule has 0 spiro atoms. The molecule has 5 rings (SSSR count). The minimum atomic E-state index is -0.484. The Morgan fingerprint density at radius 1 is 1.14 bits per heavy atom. The Morgan fingerprint density at radius 3 is 2.83 bits per heavy atom. The minimum absolute atomic E-state index is 0.127. The van der Waals surface area contributed by atoms with Crippen molar-refractivity contribution in [2.75, 3.05) is 0 Å². The van der Waals surface area contributed by atoms with E-state index < -0.39 is 5.63 Å². The first-order valence-corrected chi connectivity index (χ1v) is 10.2. The van der Waals surface area contributed by atoms with Gasteiger partial charge in [-0.05, 0) is 36.2 Å². The maximum Gasteiger partial charge on any atom is 0.336 e. The number of aromatic hydroxyl groups is 1. The van der Waals surface area contributed by atoms with Gasteiger partial charge in [0, 0.05) is 28.7 Å². The van der Waals surface area contributed by atoms with Gasteiger partial charge >= 0.3 is 5.63 Å². The summed E-state index contributed by atoms with van der Waals surface area (Å²) in [4.78, 5) is 12.0. The van der Waals surface area contributed by atoms with Gasteiger partial charge in [-0.15, -0.1) is 10.2 Å². The number of nitrogens with zero attached hydrogens (tertiary/aromatic N) is 3. The number of hydrogen-bond acceptors (Lipinski definition) is 6. The number of aryl methyl sites for hydroxylation is 1. The largest absolute Gasteiger partial charge is 0.506 e. The second-order valence-corrected chi connectivity index (χ2v) is 8.05. The van der Waals surface area contributed by atoms with Gasteiger partial charge < -0.3 is 9.52 Å². The fourth-order valence-corrected chi connectivity index (χ4v) is 4.57. The van der Waals surface area contributed by atoms with Gasteiger partial charge in [0.25, 0.3) is 0 Å². The van der Waals surface area contributed by atoms with Crippen molar-refractivity contribution >= 4 is 50.9 Å². The van der Waals surface area contributed by atoms with Crippen molar-refractivity contribution in [3.63, 3.8) is 0 Å². The van der Waals surface area contributed by atoms with Crippen LogP contribution in [0.2, 0.25) is 5.02 Å². The number of aromatic nitrogens is 3. The molecule has 3 heterocycles. The normalized spacial score (nSPS) is 11.7. The van der Waals surface area contributed by atoms with Crippen LogP contribution >= 0.6 is 23.4 Å². The van der Waals surface area contributed by atoms with E-state index in [2.05, 4.69) is 23.2 Å². The van der Waals surface area contributed by atoms with Crippen LogP contribution < -0.4 is 5.63 Å². The lowest BCUT2D eigenvalue weighted by atomic mass is 10.1. The summed E-state index contributed by atoms with van der Waals surface area (Å²) in [6.45, 7) is 2.05. The summed E-state index contributed by atoms with van der Waals surface area (Å²) in [5.41, 5.74) is 3.49. The Labute approximate surface area is 173 Å². The third kappa shape index (κ3) is 3.03. The molecule has 29 heavy (non-hydrogen) atoms. The van der Waals surface area contributed by atoms with Crippen LogP contribution in [-0.4, -0.2) is 19.7 Å². The van der Waals surface area contributed by atoms with Gasteiger partial charge in [-0.3, -0.25) is 4.40 Å². The van der Waals surface area contributed by atoms with Gasteiger partial charge in [-0.2, -0.15) is 0 Å². The topological polar surface area (TPSA) is 80.6 Å². The van der Waals surface area contributed by atoms with E-state index in [9.17, 15) is 9.90 Å². The van der Waals surface area contributed by atoms with Crippen LogP contribution in [0, 0.1) is 6.92 Å². The quantitative estimate of drug-likeness (QED) is 0.326. The third-order valence-corrected chi connectivity index (χ3v) is 6.11. The maximum absolute atomic E-state index is 12.0. The van der Waals surface area contributed by atoms with Crippen LogP contribution in [0.4, 0.5) is 0 Å². The Balaban J connectivity index is 1.61. The summed E-state index contributed by atoms with van der Waals surface area (Å²) in [5.74, 6) is 0.337. The molecule has 0 atom stereocenters. The molecule has 0 fully saturated rings. The van der Waals surface area contributed by atoms with Crippen molar-refractivity contribution in [3.05, 3.63) is 75.1 Å². The highest BCUT2D eigenvalue weighted by atomic mass is 35.5. The fraction of sp³-hybridized carbons (Fsp3) is 0.0952. The highest BCUT2D eigenvalue weighted by Crippen LogP contribution is 2.33. The molecular weight excluding hydrogens is 410 g/mol. The number of phenols is 1. The molecule has 2 aromatic carbocycles. The lowest BCUT2D eigenvalue weighted by Gasteiger charge is -2.08. The van der Waals surface area contributed by atoms with Crippen molar-refractivity contribution in [1.29, 1.82) is 0 Å². The number of rotatable bonds is 3. The average molecular weight is 424 g/mol. The highest BCUT2D eigenvalue weighted by Gasteiger charge is 2.14. The summed E-state index contributed by atoms with van der Waals surface area (Å²) in [5, 5.41) is 21.2. The Kier molecular flexibility index (Phi) is 4.22. The Hall–Kier alpha value is -3.03. The molecule has 144 valence electrons. The lowest BCUT2D eigenvalue weighted by Crippen LogP contribution is -2.00. The maximum atomic E-state index is 12.0. The van der Waals surface area contributed by atoms with E-state index >= 15 is 0 Å². The zero-order valence-corrected chi connectivity index (χ0v) is 16.8. The molecule has 0 saturated heterocycles. The summed E-state index contributed by atoms with van der Waals surface area (Å²) < 4.78 is 7.21. The van der Waals surface area contributed by atoms with E-state index in [1.165, 1.54) is 23.9 Å². The Bertz CT molecular complexity index is 1480. The molecule has 0 amide bonds. The first-order chi connectivity index (χ1) is 14.0. The third-order valence-electron chi connectivity index (χ3n) is 4.83. The van der Waals surface area contributed by atoms with E-state index in [1.807, 2.05) is 28.7 Å². The molecular formula is C21H14ClN3O3S. The second kappa shape index (κ2) is 6.79. The van der Waals surface area contributed by atoms with Crippen LogP contribution in [0.1, 0.15) is 11.1 Å². The minimum Gasteiger partial charge on any atom is -0.506 e. The second-order valence-electron chi connectivity index (χ2n) is 6.70.